The van der Waals surface area contributed by atoms with Crippen LogP contribution in [0.5, 0.6) is 5.75 Å². The third kappa shape index (κ3) is 3.79. The minimum Gasteiger partial charge on any atom is -0.493 e. The molecule has 2 aromatic rings. The molecule has 2 aliphatic rings. The van der Waals surface area contributed by atoms with Gasteiger partial charge < -0.3 is 15.0 Å². The number of urea groups is 1. The number of ether oxygens (including phenoxy) is 1. The lowest BCUT2D eigenvalue weighted by molar-refractivity contribution is 0.181. The Morgan fingerprint density at radius 1 is 1.36 bits per heavy atom. The molecule has 1 fully saturated rings. The molecule has 1 N–H and O–H groups in total. The molecule has 132 valence electrons. The fourth-order valence-electron chi connectivity index (χ4n) is 3.59. The third-order valence-electron chi connectivity index (χ3n) is 5.03. The van der Waals surface area contributed by atoms with Crippen LogP contribution >= 0.6 is 11.3 Å². The SMILES string of the molecule is O=C(NCCc1ccc2c(c1)CCO2)N1CCC(c2nccs2)CC1. The van der Waals surface area contributed by atoms with Gasteiger partial charge in [-0.15, -0.1) is 11.3 Å². The molecule has 2 aliphatic heterocycles. The first-order valence-corrected chi connectivity index (χ1v) is 9.84. The molecule has 1 saturated heterocycles. The normalized spacial score (nSPS) is 17.2. The van der Waals surface area contributed by atoms with Gasteiger partial charge in [-0.2, -0.15) is 0 Å². The number of fused-ring (bicyclic) bond motifs is 1. The van der Waals surface area contributed by atoms with Crippen LogP contribution in [0, 0.1) is 0 Å². The zero-order valence-electron chi connectivity index (χ0n) is 14.2. The summed E-state index contributed by atoms with van der Waals surface area (Å²) < 4.78 is 5.53. The Balaban J connectivity index is 1.22. The average Bonchev–Trinajstić information content (AvgIpc) is 3.33. The molecule has 0 bridgehead atoms. The number of benzene rings is 1. The maximum absolute atomic E-state index is 12.4. The maximum Gasteiger partial charge on any atom is 0.317 e. The zero-order chi connectivity index (χ0) is 17.1. The van der Waals surface area contributed by atoms with E-state index < -0.39 is 0 Å². The number of thiazole rings is 1. The van der Waals surface area contributed by atoms with Crippen LogP contribution in [-0.2, 0) is 12.8 Å². The van der Waals surface area contributed by atoms with Crippen LogP contribution < -0.4 is 10.1 Å². The predicted molar refractivity (Wildman–Crippen MR) is 98.4 cm³/mol. The molecule has 0 aliphatic carbocycles. The predicted octanol–water partition coefficient (Wildman–Crippen LogP) is 3.21. The van der Waals surface area contributed by atoms with E-state index in [0.29, 0.717) is 12.5 Å². The van der Waals surface area contributed by atoms with Crippen molar-refractivity contribution < 1.29 is 9.53 Å². The fraction of sp³-hybridized carbons (Fsp3) is 0.474. The van der Waals surface area contributed by atoms with Gasteiger partial charge in [0.25, 0.3) is 0 Å². The number of hydrogen-bond acceptors (Lipinski definition) is 4. The Kier molecular flexibility index (Phi) is 4.88. The van der Waals surface area contributed by atoms with Gasteiger partial charge in [-0.25, -0.2) is 9.78 Å². The third-order valence-corrected chi connectivity index (χ3v) is 5.96. The highest BCUT2D eigenvalue weighted by Crippen LogP contribution is 2.29. The maximum atomic E-state index is 12.4. The molecular weight excluding hydrogens is 334 g/mol. The highest BCUT2D eigenvalue weighted by molar-refractivity contribution is 7.09. The monoisotopic (exact) mass is 357 g/mol. The first-order valence-electron chi connectivity index (χ1n) is 8.96. The van der Waals surface area contributed by atoms with E-state index in [9.17, 15) is 4.79 Å². The Morgan fingerprint density at radius 2 is 2.24 bits per heavy atom. The zero-order valence-corrected chi connectivity index (χ0v) is 15.1. The summed E-state index contributed by atoms with van der Waals surface area (Å²) in [4.78, 5) is 18.7. The Hall–Kier alpha value is -2.08. The van der Waals surface area contributed by atoms with Gasteiger partial charge in [0, 0.05) is 43.5 Å². The Bertz CT molecular complexity index is 724. The summed E-state index contributed by atoms with van der Waals surface area (Å²) in [6, 6.07) is 6.40. The molecule has 1 aromatic heterocycles. The number of nitrogens with one attached hydrogen (secondary N) is 1. The number of carbonyl (C=O) groups is 1. The van der Waals surface area contributed by atoms with E-state index in [2.05, 4.69) is 22.4 Å². The van der Waals surface area contributed by atoms with Crippen LogP contribution in [0.4, 0.5) is 4.79 Å². The lowest BCUT2D eigenvalue weighted by Crippen LogP contribution is -2.44. The van der Waals surface area contributed by atoms with Crippen molar-refractivity contribution in [2.45, 2.75) is 31.6 Å². The van der Waals surface area contributed by atoms with E-state index >= 15 is 0 Å². The van der Waals surface area contributed by atoms with Gasteiger partial charge >= 0.3 is 6.03 Å². The highest BCUT2D eigenvalue weighted by atomic mass is 32.1. The van der Waals surface area contributed by atoms with Crippen LogP contribution in [-0.4, -0.2) is 42.2 Å². The van der Waals surface area contributed by atoms with E-state index in [1.165, 1.54) is 16.1 Å². The molecule has 0 spiro atoms. The molecular formula is C19H23N3O2S. The molecule has 3 heterocycles. The second kappa shape index (κ2) is 7.44. The van der Waals surface area contributed by atoms with E-state index in [1.54, 1.807) is 11.3 Å². The van der Waals surface area contributed by atoms with Crippen LogP contribution in [0.2, 0.25) is 0 Å². The molecule has 0 atom stereocenters. The fourth-order valence-corrected chi connectivity index (χ4v) is 4.40. The number of aromatic nitrogens is 1. The summed E-state index contributed by atoms with van der Waals surface area (Å²) in [6.07, 6.45) is 5.72. The quantitative estimate of drug-likeness (QED) is 0.914. The lowest BCUT2D eigenvalue weighted by atomic mass is 9.98. The highest BCUT2D eigenvalue weighted by Gasteiger charge is 2.24. The molecule has 2 amide bonds. The van der Waals surface area contributed by atoms with Gasteiger partial charge in [-0.3, -0.25) is 0 Å². The molecule has 4 rings (SSSR count). The molecule has 25 heavy (non-hydrogen) atoms. The standard InChI is InChI=1S/C19H23N3O2S/c23-19(22-9-4-15(5-10-22)18-20-8-12-25-18)21-7-3-14-1-2-17-16(13-14)6-11-24-17/h1-2,8,12-13,15H,3-7,9-11H2,(H,21,23). The molecule has 6 heteroatoms. The average molecular weight is 357 g/mol. The summed E-state index contributed by atoms with van der Waals surface area (Å²) >= 11 is 1.72. The molecule has 1 aromatic carbocycles. The van der Waals surface area contributed by atoms with E-state index in [-0.39, 0.29) is 6.03 Å². The van der Waals surface area contributed by atoms with Crippen molar-refractivity contribution in [3.63, 3.8) is 0 Å². The second-order valence-electron chi connectivity index (χ2n) is 6.65. The van der Waals surface area contributed by atoms with E-state index in [4.69, 9.17) is 4.74 Å². The van der Waals surface area contributed by atoms with Gasteiger partial charge in [0.1, 0.15) is 5.75 Å². The molecule has 0 unspecified atom stereocenters. The largest absolute Gasteiger partial charge is 0.493 e. The number of hydrogen-bond donors (Lipinski definition) is 1. The van der Waals surface area contributed by atoms with Crippen LogP contribution in [0.3, 0.4) is 0 Å². The van der Waals surface area contributed by atoms with Crippen molar-refractivity contribution in [1.29, 1.82) is 0 Å². The number of rotatable bonds is 4. The van der Waals surface area contributed by atoms with Gasteiger partial charge in [0.15, 0.2) is 0 Å². The van der Waals surface area contributed by atoms with Gasteiger partial charge in [0.05, 0.1) is 11.6 Å². The van der Waals surface area contributed by atoms with Gasteiger partial charge in [-0.05, 0) is 36.5 Å². The minimum absolute atomic E-state index is 0.0575. The number of carbonyl (C=O) groups excluding carboxylic acids is 1. The van der Waals surface area contributed by atoms with E-state index in [1.807, 2.05) is 22.5 Å². The number of likely N-dealkylation sites (tertiary alicyclic amines) is 1. The van der Waals surface area contributed by atoms with Gasteiger partial charge in [-0.1, -0.05) is 12.1 Å². The smallest absolute Gasteiger partial charge is 0.317 e. The Morgan fingerprint density at radius 3 is 3.04 bits per heavy atom. The minimum atomic E-state index is 0.0575. The summed E-state index contributed by atoms with van der Waals surface area (Å²) in [7, 11) is 0. The van der Waals surface area contributed by atoms with E-state index in [0.717, 1.165) is 51.1 Å². The number of amides is 2. The summed E-state index contributed by atoms with van der Waals surface area (Å²) in [6.45, 7) is 3.08. The Labute approximate surface area is 152 Å². The second-order valence-corrected chi connectivity index (χ2v) is 7.58. The van der Waals surface area contributed by atoms with Crippen molar-refractivity contribution >= 4 is 17.4 Å². The van der Waals surface area contributed by atoms with Crippen LogP contribution in [0.1, 0.15) is 34.9 Å². The lowest BCUT2D eigenvalue weighted by Gasteiger charge is -2.31. The van der Waals surface area contributed by atoms with Crippen molar-refractivity contribution in [2.24, 2.45) is 0 Å². The van der Waals surface area contributed by atoms with Crippen LogP contribution in [0.15, 0.2) is 29.8 Å². The number of nitrogens with zero attached hydrogens (tertiary/aromatic N) is 2. The molecule has 5 nitrogen and oxygen atoms in total. The summed E-state index contributed by atoms with van der Waals surface area (Å²) in [5.74, 6) is 1.52. The van der Waals surface area contributed by atoms with Crippen molar-refractivity contribution in [3.05, 3.63) is 45.9 Å². The topological polar surface area (TPSA) is 54.5 Å². The van der Waals surface area contributed by atoms with Crippen molar-refractivity contribution in [2.75, 3.05) is 26.2 Å². The first kappa shape index (κ1) is 16.4. The number of piperidine rings is 1. The van der Waals surface area contributed by atoms with Crippen molar-refractivity contribution in [3.8, 4) is 5.75 Å². The van der Waals surface area contributed by atoms with Crippen LogP contribution in [0.25, 0.3) is 0 Å². The summed E-state index contributed by atoms with van der Waals surface area (Å²) in [5.41, 5.74) is 2.54. The summed E-state index contributed by atoms with van der Waals surface area (Å²) in [5, 5.41) is 6.30. The van der Waals surface area contributed by atoms with Crippen molar-refractivity contribution in [1.82, 2.24) is 15.2 Å². The molecule has 0 radical (unpaired) electrons. The molecule has 0 saturated carbocycles. The van der Waals surface area contributed by atoms with Gasteiger partial charge in [0.2, 0.25) is 0 Å². The first-order chi connectivity index (χ1) is 12.3.